The molecule has 21 heavy (non-hydrogen) atoms. The summed E-state index contributed by atoms with van der Waals surface area (Å²) in [7, 11) is 0. The lowest BCUT2D eigenvalue weighted by atomic mass is 10.1. The summed E-state index contributed by atoms with van der Waals surface area (Å²) in [6, 6.07) is 11.0. The number of carbonyl (C=O) groups excluding carboxylic acids is 1. The largest absolute Gasteiger partial charge is 0.479 e. The summed E-state index contributed by atoms with van der Waals surface area (Å²) in [5.41, 5.74) is 1.76. The molecule has 0 aliphatic carbocycles. The van der Waals surface area contributed by atoms with E-state index in [0.29, 0.717) is 17.9 Å². The number of ether oxygens (including phenoxy) is 1. The molecule has 0 atom stereocenters. The Bertz CT molecular complexity index is 640. The second-order valence-electron chi connectivity index (χ2n) is 4.38. The van der Waals surface area contributed by atoms with Crippen molar-refractivity contribution < 1.29 is 9.53 Å². The fourth-order valence-electron chi connectivity index (χ4n) is 1.60. The van der Waals surface area contributed by atoms with Crippen molar-refractivity contribution in [3.05, 3.63) is 59.9 Å². The zero-order valence-corrected chi connectivity index (χ0v) is 11.8. The first kappa shape index (κ1) is 14.6. The molecule has 0 unspecified atom stereocenters. The van der Waals surface area contributed by atoms with Crippen LogP contribution in [-0.2, 0) is 0 Å². The van der Waals surface area contributed by atoms with Crippen LogP contribution in [0.25, 0.3) is 0 Å². The first-order valence-corrected chi connectivity index (χ1v) is 6.59. The van der Waals surface area contributed by atoms with E-state index >= 15 is 0 Å². The number of benzene rings is 1. The van der Waals surface area contributed by atoms with E-state index in [1.165, 1.54) is 0 Å². The van der Waals surface area contributed by atoms with E-state index in [0.717, 1.165) is 5.56 Å². The molecule has 4 heteroatoms. The number of nitrogens with one attached hydrogen (secondary N) is 1. The number of rotatable bonds is 4. The smallest absolute Gasteiger partial charge is 0.252 e. The highest BCUT2D eigenvalue weighted by molar-refractivity contribution is 5.94. The minimum Gasteiger partial charge on any atom is -0.479 e. The quantitative estimate of drug-likeness (QED) is 0.874. The zero-order chi connectivity index (χ0) is 14.9. The molecule has 0 aliphatic heterocycles. The van der Waals surface area contributed by atoms with Crippen LogP contribution in [0.4, 0.5) is 0 Å². The third kappa shape index (κ3) is 5.00. The fourth-order valence-corrected chi connectivity index (χ4v) is 1.60. The van der Waals surface area contributed by atoms with Gasteiger partial charge in [0.1, 0.15) is 12.4 Å². The molecule has 4 nitrogen and oxygen atoms in total. The third-order valence-corrected chi connectivity index (χ3v) is 2.72. The van der Waals surface area contributed by atoms with Gasteiger partial charge in [-0.05, 0) is 31.2 Å². The van der Waals surface area contributed by atoms with Gasteiger partial charge in [0.2, 0.25) is 0 Å². The Morgan fingerprint density at radius 1 is 1.24 bits per heavy atom. The van der Waals surface area contributed by atoms with Crippen molar-refractivity contribution in [3.8, 4) is 17.6 Å². The number of pyridine rings is 1. The van der Waals surface area contributed by atoms with Crippen LogP contribution in [0.2, 0.25) is 0 Å². The Balaban J connectivity index is 1.71. The zero-order valence-electron chi connectivity index (χ0n) is 11.8. The summed E-state index contributed by atoms with van der Waals surface area (Å²) >= 11 is 0. The highest BCUT2D eigenvalue weighted by Crippen LogP contribution is 2.05. The second kappa shape index (κ2) is 7.71. The number of aromatic nitrogens is 1. The van der Waals surface area contributed by atoms with Crippen LogP contribution in [-0.4, -0.2) is 24.0 Å². The van der Waals surface area contributed by atoms with Gasteiger partial charge in [-0.3, -0.25) is 9.78 Å². The van der Waals surface area contributed by atoms with Gasteiger partial charge in [-0.25, -0.2) is 0 Å². The number of hydrogen-bond donors (Lipinski definition) is 1. The molecule has 2 aromatic rings. The number of amides is 1. The van der Waals surface area contributed by atoms with Gasteiger partial charge >= 0.3 is 0 Å². The van der Waals surface area contributed by atoms with Crippen molar-refractivity contribution in [1.29, 1.82) is 0 Å². The standard InChI is InChI=1S/C17H16N2O2/c1-14-6-8-15(9-7-14)17(20)19-11-2-3-12-21-16-5-4-10-18-13-16/h4-10,13H,11-12H2,1H3,(H,19,20). The number of nitrogens with zero attached hydrogens (tertiary/aromatic N) is 1. The van der Waals surface area contributed by atoms with E-state index in [-0.39, 0.29) is 12.5 Å². The average molecular weight is 280 g/mol. The second-order valence-corrected chi connectivity index (χ2v) is 4.38. The van der Waals surface area contributed by atoms with Crippen molar-refractivity contribution in [3.63, 3.8) is 0 Å². The highest BCUT2D eigenvalue weighted by Gasteiger charge is 2.02. The van der Waals surface area contributed by atoms with E-state index in [1.807, 2.05) is 25.1 Å². The molecule has 0 bridgehead atoms. The molecule has 0 saturated carbocycles. The SMILES string of the molecule is Cc1ccc(C(=O)NCC#CCOc2cccnc2)cc1. The van der Waals surface area contributed by atoms with Crippen molar-refractivity contribution in [2.45, 2.75) is 6.92 Å². The van der Waals surface area contributed by atoms with Crippen LogP contribution >= 0.6 is 0 Å². The molecule has 1 amide bonds. The average Bonchev–Trinajstić information content (AvgIpc) is 2.52. The van der Waals surface area contributed by atoms with Crippen LogP contribution in [0.1, 0.15) is 15.9 Å². The van der Waals surface area contributed by atoms with Crippen molar-refractivity contribution >= 4 is 5.91 Å². The van der Waals surface area contributed by atoms with Crippen LogP contribution in [0.3, 0.4) is 0 Å². The highest BCUT2D eigenvalue weighted by atomic mass is 16.5. The molecule has 106 valence electrons. The summed E-state index contributed by atoms with van der Waals surface area (Å²) in [5, 5.41) is 2.74. The van der Waals surface area contributed by atoms with Crippen LogP contribution in [0.5, 0.6) is 5.75 Å². The monoisotopic (exact) mass is 280 g/mol. The van der Waals surface area contributed by atoms with Crippen molar-refractivity contribution in [2.24, 2.45) is 0 Å². The van der Waals surface area contributed by atoms with E-state index < -0.39 is 0 Å². The van der Waals surface area contributed by atoms with Gasteiger partial charge in [0.05, 0.1) is 12.7 Å². The molecule has 1 N–H and O–H groups in total. The summed E-state index contributed by atoms with van der Waals surface area (Å²) < 4.78 is 5.36. The minimum atomic E-state index is -0.127. The molecule has 1 aromatic carbocycles. The molecule has 0 saturated heterocycles. The van der Waals surface area contributed by atoms with Crippen molar-refractivity contribution in [2.75, 3.05) is 13.2 Å². The topological polar surface area (TPSA) is 51.2 Å². The number of carbonyl (C=O) groups is 1. The van der Waals surface area contributed by atoms with E-state index in [1.54, 1.807) is 30.6 Å². The van der Waals surface area contributed by atoms with Gasteiger partial charge in [0, 0.05) is 11.8 Å². The van der Waals surface area contributed by atoms with Gasteiger partial charge in [-0.15, -0.1) is 0 Å². The third-order valence-electron chi connectivity index (χ3n) is 2.72. The summed E-state index contributed by atoms with van der Waals surface area (Å²) in [6.45, 7) is 2.55. The number of hydrogen-bond acceptors (Lipinski definition) is 3. The Morgan fingerprint density at radius 2 is 2.05 bits per heavy atom. The van der Waals surface area contributed by atoms with E-state index in [4.69, 9.17) is 4.74 Å². The maximum Gasteiger partial charge on any atom is 0.252 e. The summed E-state index contributed by atoms with van der Waals surface area (Å²) in [6.07, 6.45) is 3.31. The van der Waals surface area contributed by atoms with Gasteiger partial charge in [-0.1, -0.05) is 29.5 Å². The maximum atomic E-state index is 11.8. The molecular formula is C17H16N2O2. The molecule has 2 rings (SSSR count). The molecule has 0 spiro atoms. The van der Waals surface area contributed by atoms with Gasteiger partial charge in [-0.2, -0.15) is 0 Å². The first-order valence-electron chi connectivity index (χ1n) is 6.59. The lowest BCUT2D eigenvalue weighted by Gasteiger charge is -2.01. The molecular weight excluding hydrogens is 264 g/mol. The normalized spacial score (nSPS) is 9.38. The molecule has 1 aromatic heterocycles. The Hall–Kier alpha value is -2.80. The predicted octanol–water partition coefficient (Wildman–Crippen LogP) is 2.20. The predicted molar refractivity (Wildman–Crippen MR) is 81.0 cm³/mol. The molecule has 0 radical (unpaired) electrons. The van der Waals surface area contributed by atoms with Gasteiger partial charge in [0.25, 0.3) is 5.91 Å². The van der Waals surface area contributed by atoms with Crippen LogP contribution < -0.4 is 10.1 Å². The minimum absolute atomic E-state index is 0.127. The number of aryl methyl sites for hydroxylation is 1. The van der Waals surface area contributed by atoms with E-state index in [9.17, 15) is 4.79 Å². The summed E-state index contributed by atoms with van der Waals surface area (Å²) in [4.78, 5) is 15.7. The lowest BCUT2D eigenvalue weighted by molar-refractivity contribution is 0.0958. The summed E-state index contributed by atoms with van der Waals surface area (Å²) in [5.74, 6) is 6.22. The Labute approximate surface area is 124 Å². The van der Waals surface area contributed by atoms with E-state index in [2.05, 4.69) is 22.1 Å². The molecule has 0 aliphatic rings. The first-order chi connectivity index (χ1) is 10.3. The molecule has 1 heterocycles. The fraction of sp³-hybridized carbons (Fsp3) is 0.176. The van der Waals surface area contributed by atoms with Crippen molar-refractivity contribution in [1.82, 2.24) is 10.3 Å². The van der Waals surface area contributed by atoms with Crippen LogP contribution in [0, 0.1) is 18.8 Å². The maximum absolute atomic E-state index is 11.8. The van der Waals surface area contributed by atoms with Gasteiger partial charge < -0.3 is 10.1 Å². The molecule has 0 fully saturated rings. The van der Waals surface area contributed by atoms with Crippen LogP contribution in [0.15, 0.2) is 48.8 Å². The Kier molecular flexibility index (Phi) is 5.36. The van der Waals surface area contributed by atoms with Gasteiger partial charge in [0.15, 0.2) is 0 Å². The lowest BCUT2D eigenvalue weighted by Crippen LogP contribution is -2.23. The Morgan fingerprint density at radius 3 is 2.76 bits per heavy atom.